The molecule has 0 aliphatic carbocycles. The molecule has 4 N–H and O–H groups in total. The molecule has 1 aromatic carbocycles. The fraction of sp³-hybridized carbons (Fsp3) is 0.125. The number of nitrogens with zero attached hydrogens (tertiary/aromatic N) is 2. The van der Waals surface area contributed by atoms with E-state index in [1.54, 1.807) is 0 Å². The zero-order chi connectivity index (χ0) is 12.5. The molecule has 1 rings (SSSR count). The zero-order valence-corrected chi connectivity index (χ0v) is 8.25. The van der Waals surface area contributed by atoms with Crippen LogP contribution in [0.1, 0.15) is 15.9 Å². The molecule has 0 fully saturated rings. The van der Waals surface area contributed by atoms with E-state index in [1.165, 1.54) is 6.92 Å². The van der Waals surface area contributed by atoms with Gasteiger partial charge in [-0.3, -0.25) is 15.2 Å². The fourth-order valence-electron chi connectivity index (χ4n) is 1.25. The summed E-state index contributed by atoms with van der Waals surface area (Å²) >= 11 is 0. The van der Waals surface area contributed by atoms with Gasteiger partial charge in [0.25, 0.3) is 0 Å². The molecule has 8 heteroatoms. The minimum Gasteiger partial charge on any atom is -0.769 e. The van der Waals surface area contributed by atoms with Gasteiger partial charge in [0, 0.05) is 11.3 Å². The van der Waals surface area contributed by atoms with Gasteiger partial charge < -0.3 is 21.4 Å². The smallest absolute Gasteiger partial charge is 0.249 e. The number of hydrogen-bond acceptors (Lipinski definition) is 7. The maximum absolute atomic E-state index is 11.0. The fourth-order valence-corrected chi connectivity index (χ4v) is 1.25. The molecule has 0 atom stereocenters. The lowest BCUT2D eigenvalue weighted by atomic mass is 10.1. The molecule has 0 unspecified atom stereocenters. The second-order valence-corrected chi connectivity index (χ2v) is 3.05. The van der Waals surface area contributed by atoms with E-state index in [9.17, 15) is 15.2 Å². The Morgan fingerprint density at radius 1 is 1.38 bits per heavy atom. The summed E-state index contributed by atoms with van der Waals surface area (Å²) in [5.74, 6) is -0.885. The van der Waals surface area contributed by atoms with Crippen LogP contribution in [-0.4, -0.2) is 16.3 Å². The summed E-state index contributed by atoms with van der Waals surface area (Å²) in [5, 5.41) is 37.7. The third-order valence-corrected chi connectivity index (χ3v) is 2.06. The molecule has 0 spiro atoms. The van der Waals surface area contributed by atoms with Gasteiger partial charge in [-0.2, -0.15) is 0 Å². The molecule has 0 aliphatic rings. The van der Waals surface area contributed by atoms with Gasteiger partial charge in [-0.1, -0.05) is 0 Å². The molecule has 0 saturated heterocycles. The molecule has 0 saturated carbocycles. The minimum atomic E-state index is -0.885. The number of hydrogen-bond donors (Lipinski definition) is 3. The number of rotatable bonds is 3. The van der Waals surface area contributed by atoms with Crippen molar-refractivity contribution >= 4 is 17.3 Å². The maximum Gasteiger partial charge on any atom is 0.249 e. The first-order chi connectivity index (χ1) is 7.34. The third kappa shape index (κ3) is 2.20. The van der Waals surface area contributed by atoms with Crippen LogP contribution < -0.4 is 16.2 Å². The lowest BCUT2D eigenvalue weighted by molar-refractivity contribution is 0.0288. The average Bonchev–Trinajstić information content (AvgIpc) is 2.16. The van der Waals surface area contributed by atoms with Crippen molar-refractivity contribution in [3.8, 4) is 0 Å². The van der Waals surface area contributed by atoms with Crippen LogP contribution in [0.15, 0.2) is 12.1 Å². The van der Waals surface area contributed by atoms with E-state index in [0.29, 0.717) is 0 Å². The van der Waals surface area contributed by atoms with Crippen molar-refractivity contribution in [2.24, 2.45) is 5.73 Å². The van der Waals surface area contributed by atoms with Crippen LogP contribution in [0.25, 0.3) is 0 Å². The second kappa shape index (κ2) is 4.33. The molecule has 8 nitrogen and oxygen atoms in total. The Morgan fingerprint density at radius 2 is 1.94 bits per heavy atom. The molecule has 0 aliphatic heterocycles. The maximum atomic E-state index is 11.0. The monoisotopic (exact) mass is 227 g/mol. The molecule has 0 radical (unpaired) electrons. The minimum absolute atomic E-state index is 0.141. The summed E-state index contributed by atoms with van der Waals surface area (Å²) in [7, 11) is 0. The Labute approximate surface area is 90.2 Å². The van der Waals surface area contributed by atoms with Crippen molar-refractivity contribution in [1.29, 1.82) is 0 Å². The summed E-state index contributed by atoms with van der Waals surface area (Å²) in [6.45, 7) is 1.39. The van der Waals surface area contributed by atoms with Crippen LogP contribution in [0.3, 0.4) is 0 Å². The van der Waals surface area contributed by atoms with Crippen LogP contribution in [0.2, 0.25) is 0 Å². The first-order valence-corrected chi connectivity index (χ1v) is 4.11. The first-order valence-electron chi connectivity index (χ1n) is 4.11. The molecule has 0 aromatic heterocycles. The van der Waals surface area contributed by atoms with Gasteiger partial charge in [0.15, 0.2) is 0 Å². The van der Waals surface area contributed by atoms with Gasteiger partial charge in [0.1, 0.15) is 0 Å². The highest BCUT2D eigenvalue weighted by Crippen LogP contribution is 2.28. The van der Waals surface area contributed by atoms with Crippen LogP contribution in [0.5, 0.6) is 0 Å². The van der Waals surface area contributed by atoms with Crippen LogP contribution in [0, 0.1) is 17.3 Å². The Morgan fingerprint density at radius 3 is 2.31 bits per heavy atom. The number of benzene rings is 1. The van der Waals surface area contributed by atoms with E-state index < -0.39 is 16.8 Å². The van der Waals surface area contributed by atoms with Gasteiger partial charge in [-0.25, -0.2) is 0 Å². The van der Waals surface area contributed by atoms with Crippen LogP contribution >= 0.6 is 0 Å². The average molecular weight is 227 g/mol. The Hall–Kier alpha value is -1.87. The van der Waals surface area contributed by atoms with E-state index in [0.717, 1.165) is 12.1 Å². The van der Waals surface area contributed by atoms with Crippen LogP contribution in [-0.2, 0) is 0 Å². The molecule has 0 heterocycles. The van der Waals surface area contributed by atoms with E-state index in [-0.39, 0.29) is 22.0 Å². The predicted octanol–water partition coefficient (Wildman–Crippen LogP) is 0.481. The Bertz CT molecular complexity index is 418. The van der Waals surface area contributed by atoms with Crippen molar-refractivity contribution in [2.45, 2.75) is 6.92 Å². The van der Waals surface area contributed by atoms with E-state index >= 15 is 0 Å². The Balaban J connectivity index is 3.45. The number of nitrogens with two attached hydrogens (primary N) is 1. The first kappa shape index (κ1) is 12.2. The summed E-state index contributed by atoms with van der Waals surface area (Å²) in [4.78, 5) is 11.0. The standard InChI is InChI=1S/C8H9N3O5/c1-4-6(8(9)12)2-5(10(13)14)3-7(4)11(15)16/h2-3,15-16H,1H3,(H2,9,12)/q-2. The number of carbonyl (C=O) groups excluding carboxylic acids is 1. The molecule has 1 aromatic rings. The van der Waals surface area contributed by atoms with Crippen LogP contribution in [0.4, 0.5) is 11.4 Å². The van der Waals surface area contributed by atoms with Crippen molar-refractivity contribution in [1.82, 2.24) is 0 Å². The highest BCUT2D eigenvalue weighted by Gasteiger charge is 2.13. The van der Waals surface area contributed by atoms with Gasteiger partial charge in [0.2, 0.25) is 5.91 Å². The molecular formula is C8H9N3O5-2. The predicted molar refractivity (Wildman–Crippen MR) is 55.0 cm³/mol. The van der Waals surface area contributed by atoms with Crippen molar-refractivity contribution < 1.29 is 15.2 Å². The van der Waals surface area contributed by atoms with Gasteiger partial charge in [0.05, 0.1) is 5.69 Å². The van der Waals surface area contributed by atoms with Crippen molar-refractivity contribution in [2.75, 3.05) is 10.5 Å². The highest BCUT2D eigenvalue weighted by molar-refractivity contribution is 5.97. The summed E-state index contributed by atoms with van der Waals surface area (Å²) < 4.78 is 0. The lowest BCUT2D eigenvalue weighted by Gasteiger charge is -2.38. The summed E-state index contributed by atoms with van der Waals surface area (Å²) in [5.41, 5.74) is 4.28. The zero-order valence-electron chi connectivity index (χ0n) is 8.25. The van der Waals surface area contributed by atoms with Crippen molar-refractivity contribution in [3.05, 3.63) is 33.7 Å². The summed E-state index contributed by atoms with van der Waals surface area (Å²) in [6, 6.07) is 1.90. The molecule has 1 amide bonds. The topological polar surface area (TPSA) is 136 Å². The highest BCUT2D eigenvalue weighted by atomic mass is 16.8. The largest absolute Gasteiger partial charge is 0.769 e. The normalized spacial score (nSPS) is 10.1. The molecular weight excluding hydrogens is 218 g/mol. The number of amides is 1. The van der Waals surface area contributed by atoms with E-state index in [1.807, 2.05) is 0 Å². The van der Waals surface area contributed by atoms with Gasteiger partial charge in [-0.15, -0.1) is 5.23 Å². The number of carbonyl (C=O) groups is 1. The van der Waals surface area contributed by atoms with Gasteiger partial charge in [-0.05, 0) is 24.6 Å². The molecule has 88 valence electrons. The molecule has 16 heavy (non-hydrogen) atoms. The second-order valence-electron chi connectivity index (χ2n) is 3.05. The van der Waals surface area contributed by atoms with E-state index in [2.05, 4.69) is 0 Å². The Kier molecular flexibility index (Phi) is 3.30. The number of anilines is 2. The third-order valence-electron chi connectivity index (χ3n) is 2.06. The summed E-state index contributed by atoms with van der Waals surface area (Å²) in [6.07, 6.45) is 0. The van der Waals surface area contributed by atoms with E-state index in [4.69, 9.17) is 16.1 Å². The number of primary amides is 1. The SMILES string of the molecule is Cc1c(C(N)=O)cc(N([O-])[O-])cc1N(O)O. The van der Waals surface area contributed by atoms with Gasteiger partial charge >= 0.3 is 0 Å². The quantitative estimate of drug-likeness (QED) is 0.638. The molecule has 0 bridgehead atoms. The van der Waals surface area contributed by atoms with Crippen molar-refractivity contribution in [3.63, 3.8) is 0 Å². The lowest BCUT2D eigenvalue weighted by Crippen LogP contribution is -2.19.